The molecule has 0 aromatic heterocycles. The topological polar surface area (TPSA) is 38.8 Å². The van der Waals surface area contributed by atoms with Crippen LogP contribution in [0.5, 0.6) is 11.5 Å². The maximum Gasteiger partial charge on any atom is 0.171 e. The van der Waals surface area contributed by atoms with E-state index in [0.29, 0.717) is 17.9 Å². The van der Waals surface area contributed by atoms with Crippen LogP contribution in [-0.2, 0) is 0 Å². The molecule has 1 fully saturated rings. The van der Waals surface area contributed by atoms with Crippen LogP contribution in [0.15, 0.2) is 18.2 Å². The number of ketones is 1. The Morgan fingerprint density at radius 3 is 2.86 bits per heavy atom. The van der Waals surface area contributed by atoms with Crippen molar-refractivity contribution in [3.05, 3.63) is 23.8 Å². The second-order valence-corrected chi connectivity index (χ2v) is 5.92. The van der Waals surface area contributed by atoms with E-state index in [2.05, 4.69) is 4.90 Å². The summed E-state index contributed by atoms with van der Waals surface area (Å²) >= 11 is 0. The molecule has 0 radical (unpaired) electrons. The van der Waals surface area contributed by atoms with Gasteiger partial charge in [-0.15, -0.1) is 0 Å². The van der Waals surface area contributed by atoms with Crippen LogP contribution in [0.2, 0.25) is 0 Å². The molecular weight excluding hydrogens is 266 g/mol. The maximum absolute atomic E-state index is 12.8. The van der Waals surface area contributed by atoms with Gasteiger partial charge in [-0.1, -0.05) is 6.42 Å². The molecule has 0 spiro atoms. The highest BCUT2D eigenvalue weighted by molar-refractivity contribution is 6.01. The Hall–Kier alpha value is -1.55. The molecule has 4 nitrogen and oxygen atoms in total. The monoisotopic (exact) mass is 289 g/mol. The average Bonchev–Trinajstić information content (AvgIpc) is 2.68. The van der Waals surface area contributed by atoms with Crippen molar-refractivity contribution in [3.8, 4) is 11.5 Å². The van der Waals surface area contributed by atoms with Gasteiger partial charge in [-0.2, -0.15) is 0 Å². The smallest absolute Gasteiger partial charge is 0.171 e. The number of hydrogen-bond acceptors (Lipinski definition) is 4. The summed E-state index contributed by atoms with van der Waals surface area (Å²) < 4.78 is 11.0. The Bertz CT molecular complexity index is 509. The summed E-state index contributed by atoms with van der Waals surface area (Å²) in [5, 5.41) is 0. The molecule has 114 valence electrons. The maximum atomic E-state index is 12.8. The normalized spacial score (nSPS) is 23.1. The molecule has 1 aromatic rings. The summed E-state index contributed by atoms with van der Waals surface area (Å²) in [5.74, 6) is 1.67. The fraction of sp³-hybridized carbons (Fsp3) is 0.588. The van der Waals surface area contributed by atoms with Gasteiger partial charge >= 0.3 is 0 Å². The standard InChI is InChI=1S/C17H23NO3/c1-20-14-5-6-15-16(11-14)21-10-7-13(17(15)19)12-18-8-3-2-4-9-18/h5-6,11,13H,2-4,7-10,12H2,1H3. The molecule has 2 heterocycles. The summed E-state index contributed by atoms with van der Waals surface area (Å²) in [7, 11) is 1.62. The van der Waals surface area contributed by atoms with Gasteiger partial charge in [0, 0.05) is 18.5 Å². The van der Waals surface area contributed by atoms with Crippen molar-refractivity contribution in [1.29, 1.82) is 0 Å². The number of nitrogens with zero attached hydrogens (tertiary/aromatic N) is 1. The zero-order valence-electron chi connectivity index (χ0n) is 12.6. The van der Waals surface area contributed by atoms with Crippen LogP contribution in [0.4, 0.5) is 0 Å². The number of hydrogen-bond donors (Lipinski definition) is 0. The van der Waals surface area contributed by atoms with Gasteiger partial charge in [0.25, 0.3) is 0 Å². The number of fused-ring (bicyclic) bond motifs is 1. The van der Waals surface area contributed by atoms with Crippen molar-refractivity contribution in [3.63, 3.8) is 0 Å². The van der Waals surface area contributed by atoms with Gasteiger partial charge in [-0.25, -0.2) is 0 Å². The van der Waals surface area contributed by atoms with Crippen LogP contribution in [0.3, 0.4) is 0 Å². The first-order valence-corrected chi connectivity index (χ1v) is 7.85. The van der Waals surface area contributed by atoms with Crippen LogP contribution in [0, 0.1) is 5.92 Å². The average molecular weight is 289 g/mol. The highest BCUT2D eigenvalue weighted by atomic mass is 16.5. The van der Waals surface area contributed by atoms with E-state index in [9.17, 15) is 4.79 Å². The van der Waals surface area contributed by atoms with Gasteiger partial charge in [-0.3, -0.25) is 4.79 Å². The number of methoxy groups -OCH3 is 1. The summed E-state index contributed by atoms with van der Waals surface area (Å²) in [4.78, 5) is 15.2. The highest BCUT2D eigenvalue weighted by Crippen LogP contribution is 2.31. The van der Waals surface area contributed by atoms with Crippen LogP contribution < -0.4 is 9.47 Å². The molecule has 1 saturated heterocycles. The largest absolute Gasteiger partial charge is 0.497 e. The summed E-state index contributed by atoms with van der Waals surface area (Å²) in [6.07, 6.45) is 4.63. The number of benzene rings is 1. The molecule has 1 aromatic carbocycles. The zero-order chi connectivity index (χ0) is 14.7. The molecule has 1 atom stereocenters. The minimum Gasteiger partial charge on any atom is -0.497 e. The Morgan fingerprint density at radius 2 is 2.10 bits per heavy atom. The first-order valence-electron chi connectivity index (χ1n) is 7.85. The zero-order valence-corrected chi connectivity index (χ0v) is 12.6. The number of rotatable bonds is 3. The molecule has 4 heteroatoms. The molecule has 1 unspecified atom stereocenters. The van der Waals surface area contributed by atoms with Crippen molar-refractivity contribution in [2.45, 2.75) is 25.7 Å². The molecule has 0 N–H and O–H groups in total. The van der Waals surface area contributed by atoms with Crippen molar-refractivity contribution < 1.29 is 14.3 Å². The van der Waals surface area contributed by atoms with E-state index >= 15 is 0 Å². The predicted molar refractivity (Wildman–Crippen MR) is 81.2 cm³/mol. The van der Waals surface area contributed by atoms with Crippen molar-refractivity contribution >= 4 is 5.78 Å². The molecule has 2 aliphatic rings. The number of piperidine rings is 1. The molecule has 0 amide bonds. The minimum absolute atomic E-state index is 0.0535. The second-order valence-electron chi connectivity index (χ2n) is 5.92. The Labute approximate surface area is 126 Å². The molecule has 3 rings (SSSR count). The minimum atomic E-state index is 0.0535. The van der Waals surface area contributed by atoms with E-state index in [0.717, 1.165) is 31.8 Å². The van der Waals surface area contributed by atoms with E-state index < -0.39 is 0 Å². The number of carbonyl (C=O) groups is 1. The van der Waals surface area contributed by atoms with Gasteiger partial charge in [-0.05, 0) is 44.5 Å². The number of Topliss-reactive ketones (excluding diaryl/α,β-unsaturated/α-hetero) is 1. The fourth-order valence-electron chi connectivity index (χ4n) is 3.24. The quantitative estimate of drug-likeness (QED) is 0.857. The van der Waals surface area contributed by atoms with Crippen LogP contribution in [0.1, 0.15) is 36.0 Å². The summed E-state index contributed by atoms with van der Waals surface area (Å²) in [6.45, 7) is 3.72. The van der Waals surface area contributed by atoms with Crippen molar-refractivity contribution in [1.82, 2.24) is 4.90 Å². The Morgan fingerprint density at radius 1 is 1.29 bits per heavy atom. The molecular formula is C17H23NO3. The Balaban J connectivity index is 1.76. The van der Waals surface area contributed by atoms with Gasteiger partial charge in [0.15, 0.2) is 5.78 Å². The molecule has 0 bridgehead atoms. The molecule has 0 aliphatic carbocycles. The van der Waals surface area contributed by atoms with E-state index in [4.69, 9.17) is 9.47 Å². The Kier molecular flexibility index (Phi) is 4.44. The number of ether oxygens (including phenoxy) is 2. The second kappa shape index (κ2) is 6.48. The van der Waals surface area contributed by atoms with E-state index in [1.165, 1.54) is 19.3 Å². The molecule has 2 aliphatic heterocycles. The van der Waals surface area contributed by atoms with Gasteiger partial charge < -0.3 is 14.4 Å². The van der Waals surface area contributed by atoms with E-state index in [-0.39, 0.29) is 11.7 Å². The van der Waals surface area contributed by atoms with Crippen LogP contribution in [0.25, 0.3) is 0 Å². The first-order chi connectivity index (χ1) is 10.3. The lowest BCUT2D eigenvalue weighted by Crippen LogP contribution is -2.36. The summed E-state index contributed by atoms with van der Waals surface area (Å²) in [6, 6.07) is 5.49. The lowest BCUT2D eigenvalue weighted by Gasteiger charge is -2.29. The van der Waals surface area contributed by atoms with E-state index in [1.54, 1.807) is 7.11 Å². The number of carbonyl (C=O) groups excluding carboxylic acids is 1. The summed E-state index contributed by atoms with van der Waals surface area (Å²) in [5.41, 5.74) is 0.704. The highest BCUT2D eigenvalue weighted by Gasteiger charge is 2.28. The first kappa shape index (κ1) is 14.4. The number of likely N-dealkylation sites (tertiary alicyclic amines) is 1. The third-order valence-corrected chi connectivity index (χ3v) is 4.48. The van der Waals surface area contributed by atoms with Crippen LogP contribution >= 0.6 is 0 Å². The van der Waals surface area contributed by atoms with Gasteiger partial charge in [0.05, 0.1) is 19.3 Å². The van der Waals surface area contributed by atoms with Gasteiger partial charge in [0.2, 0.25) is 0 Å². The van der Waals surface area contributed by atoms with Crippen molar-refractivity contribution in [2.24, 2.45) is 5.92 Å². The molecule has 21 heavy (non-hydrogen) atoms. The van der Waals surface area contributed by atoms with Crippen molar-refractivity contribution in [2.75, 3.05) is 33.4 Å². The lowest BCUT2D eigenvalue weighted by molar-refractivity contribution is 0.0859. The lowest BCUT2D eigenvalue weighted by atomic mass is 9.94. The third kappa shape index (κ3) is 3.21. The van der Waals surface area contributed by atoms with Gasteiger partial charge in [0.1, 0.15) is 11.5 Å². The fourth-order valence-corrected chi connectivity index (χ4v) is 3.24. The predicted octanol–water partition coefficient (Wildman–Crippen LogP) is 2.76. The third-order valence-electron chi connectivity index (χ3n) is 4.48. The SMILES string of the molecule is COc1ccc2c(c1)OCCC(CN1CCCCC1)C2=O. The van der Waals surface area contributed by atoms with E-state index in [1.807, 2.05) is 18.2 Å². The van der Waals surface area contributed by atoms with Crippen LogP contribution in [-0.4, -0.2) is 44.0 Å². The molecule has 0 saturated carbocycles.